The fraction of sp³-hybridized carbons (Fsp3) is 0.667. The van der Waals surface area contributed by atoms with Gasteiger partial charge in [-0.1, -0.05) is 11.6 Å². The summed E-state index contributed by atoms with van der Waals surface area (Å²) >= 11 is 5.96. The Morgan fingerprint density at radius 1 is 1.43 bits per heavy atom. The van der Waals surface area contributed by atoms with Crippen molar-refractivity contribution in [2.45, 2.75) is 38.0 Å². The van der Waals surface area contributed by atoms with Crippen LogP contribution in [0.3, 0.4) is 0 Å². The summed E-state index contributed by atoms with van der Waals surface area (Å²) in [5.74, 6) is 0. The lowest BCUT2D eigenvalue weighted by Gasteiger charge is -2.37. The molecule has 1 aromatic heterocycles. The first-order valence-electron chi connectivity index (χ1n) is 6.62. The fourth-order valence-corrected chi connectivity index (χ4v) is 2.76. The zero-order valence-electron chi connectivity index (χ0n) is 11.2. The van der Waals surface area contributed by atoms with E-state index in [1.54, 1.807) is 0 Å². The lowest BCUT2D eigenvalue weighted by molar-refractivity contribution is -0.143. The van der Waals surface area contributed by atoms with E-state index in [2.05, 4.69) is 5.10 Å². The normalized spacial score (nSPS) is 19.9. The van der Waals surface area contributed by atoms with Crippen molar-refractivity contribution in [2.75, 3.05) is 18.0 Å². The van der Waals surface area contributed by atoms with Crippen LogP contribution in [0.1, 0.15) is 19.3 Å². The zero-order valence-corrected chi connectivity index (χ0v) is 12.0. The zero-order chi connectivity index (χ0) is 15.6. The van der Waals surface area contributed by atoms with Gasteiger partial charge in [0.05, 0.1) is 11.9 Å². The highest BCUT2D eigenvalue weighted by Gasteiger charge is 2.31. The molecule has 0 radical (unpaired) electrons. The van der Waals surface area contributed by atoms with Crippen LogP contribution in [-0.2, 0) is 6.54 Å². The van der Waals surface area contributed by atoms with Crippen molar-refractivity contribution in [3.8, 4) is 0 Å². The second kappa shape index (κ2) is 6.23. The highest BCUT2D eigenvalue weighted by Crippen LogP contribution is 2.28. The Labute approximate surface area is 124 Å². The number of nitrogens with two attached hydrogens (primary N) is 1. The number of hydrogen-bond acceptors (Lipinski definition) is 4. The van der Waals surface area contributed by atoms with Crippen LogP contribution in [0, 0.1) is 0 Å². The first kappa shape index (κ1) is 16.1. The van der Waals surface area contributed by atoms with Crippen LogP contribution in [0.4, 0.5) is 18.9 Å². The van der Waals surface area contributed by atoms with Crippen LogP contribution in [-0.4, -0.2) is 35.1 Å². The van der Waals surface area contributed by atoms with E-state index >= 15 is 0 Å². The Hall–Kier alpha value is -1.28. The maximum Gasteiger partial charge on any atom is 0.408 e. The Bertz CT molecular complexity index is 560. The van der Waals surface area contributed by atoms with E-state index in [0.29, 0.717) is 23.5 Å². The van der Waals surface area contributed by atoms with Crippen molar-refractivity contribution >= 4 is 17.3 Å². The molecule has 2 rings (SSSR count). The van der Waals surface area contributed by atoms with Gasteiger partial charge in [-0.25, -0.2) is 4.68 Å². The summed E-state index contributed by atoms with van der Waals surface area (Å²) in [4.78, 5) is 13.8. The first-order chi connectivity index (χ1) is 9.83. The van der Waals surface area contributed by atoms with E-state index in [-0.39, 0.29) is 11.1 Å². The van der Waals surface area contributed by atoms with Crippen molar-refractivity contribution in [3.63, 3.8) is 0 Å². The third kappa shape index (κ3) is 3.68. The summed E-state index contributed by atoms with van der Waals surface area (Å²) in [5.41, 5.74) is 5.11. The lowest BCUT2D eigenvalue weighted by atomic mass is 10.0. The van der Waals surface area contributed by atoms with Crippen molar-refractivity contribution in [1.82, 2.24) is 9.78 Å². The quantitative estimate of drug-likeness (QED) is 0.920. The topological polar surface area (TPSA) is 64.2 Å². The predicted octanol–water partition coefficient (Wildman–Crippen LogP) is 1.78. The molecule has 2 heterocycles. The van der Waals surface area contributed by atoms with E-state index in [4.69, 9.17) is 17.3 Å². The van der Waals surface area contributed by atoms with E-state index in [1.807, 2.05) is 4.90 Å². The van der Waals surface area contributed by atoms with Gasteiger partial charge in [0.1, 0.15) is 11.6 Å². The van der Waals surface area contributed by atoms with Crippen LogP contribution in [0.2, 0.25) is 5.02 Å². The minimum absolute atomic E-state index is 0.0240. The number of anilines is 1. The van der Waals surface area contributed by atoms with Gasteiger partial charge in [-0.2, -0.15) is 18.3 Å². The van der Waals surface area contributed by atoms with Crippen LogP contribution in [0.25, 0.3) is 0 Å². The molecule has 118 valence electrons. The van der Waals surface area contributed by atoms with Gasteiger partial charge >= 0.3 is 6.18 Å². The van der Waals surface area contributed by atoms with Gasteiger partial charge in [0.25, 0.3) is 5.56 Å². The Morgan fingerprint density at radius 2 is 2.14 bits per heavy atom. The minimum atomic E-state index is -4.52. The lowest BCUT2D eigenvalue weighted by Crippen LogP contribution is -2.45. The van der Waals surface area contributed by atoms with Crippen LogP contribution >= 0.6 is 11.6 Å². The van der Waals surface area contributed by atoms with Gasteiger partial charge < -0.3 is 10.6 Å². The molecule has 1 fully saturated rings. The van der Waals surface area contributed by atoms with Crippen molar-refractivity contribution in [3.05, 3.63) is 21.6 Å². The summed E-state index contributed by atoms with van der Waals surface area (Å²) < 4.78 is 37.4. The molecule has 21 heavy (non-hydrogen) atoms. The molecule has 1 aliphatic heterocycles. The Balaban J connectivity index is 2.34. The van der Waals surface area contributed by atoms with Gasteiger partial charge in [-0.3, -0.25) is 4.79 Å². The molecule has 1 aliphatic rings. The average molecular weight is 325 g/mol. The van der Waals surface area contributed by atoms with E-state index < -0.39 is 18.3 Å². The molecule has 1 aromatic rings. The van der Waals surface area contributed by atoms with Gasteiger partial charge in [-0.15, -0.1) is 0 Å². The molecular formula is C12H16ClF3N4O. The predicted molar refractivity (Wildman–Crippen MR) is 73.6 cm³/mol. The highest BCUT2D eigenvalue weighted by molar-refractivity contribution is 6.33. The second-order valence-corrected chi connectivity index (χ2v) is 5.38. The number of piperidine rings is 1. The summed E-state index contributed by atoms with van der Waals surface area (Å²) in [7, 11) is 0. The van der Waals surface area contributed by atoms with Gasteiger partial charge in [0.15, 0.2) is 0 Å². The number of halogens is 4. The first-order valence-corrected chi connectivity index (χ1v) is 7.00. The van der Waals surface area contributed by atoms with Gasteiger partial charge in [0.2, 0.25) is 0 Å². The molecule has 5 nitrogen and oxygen atoms in total. The molecule has 1 atom stereocenters. The van der Waals surface area contributed by atoms with Gasteiger partial charge in [0, 0.05) is 19.1 Å². The molecule has 1 saturated heterocycles. The van der Waals surface area contributed by atoms with E-state index in [1.165, 1.54) is 6.20 Å². The number of alkyl halides is 3. The Morgan fingerprint density at radius 3 is 2.76 bits per heavy atom. The summed E-state index contributed by atoms with van der Waals surface area (Å²) in [6, 6.07) is 0.0240. The van der Waals surface area contributed by atoms with Crippen LogP contribution in [0.5, 0.6) is 0 Å². The van der Waals surface area contributed by atoms with E-state index in [0.717, 1.165) is 19.3 Å². The van der Waals surface area contributed by atoms with Crippen molar-refractivity contribution < 1.29 is 13.2 Å². The number of hydrogen-bond donors (Lipinski definition) is 1. The molecule has 0 amide bonds. The van der Waals surface area contributed by atoms with Crippen LogP contribution < -0.4 is 16.2 Å². The van der Waals surface area contributed by atoms with Gasteiger partial charge in [-0.05, 0) is 19.3 Å². The maximum atomic E-state index is 12.4. The third-order valence-corrected chi connectivity index (χ3v) is 3.86. The number of aromatic nitrogens is 2. The van der Waals surface area contributed by atoms with Crippen LogP contribution in [0.15, 0.2) is 11.0 Å². The minimum Gasteiger partial charge on any atom is -0.365 e. The molecule has 0 spiro atoms. The number of nitrogens with zero attached hydrogens (tertiary/aromatic N) is 3. The molecule has 0 aromatic carbocycles. The van der Waals surface area contributed by atoms with Crippen molar-refractivity contribution in [2.24, 2.45) is 5.73 Å². The highest BCUT2D eigenvalue weighted by atomic mass is 35.5. The molecule has 0 saturated carbocycles. The smallest absolute Gasteiger partial charge is 0.365 e. The fourth-order valence-electron chi connectivity index (χ4n) is 2.50. The molecule has 1 unspecified atom stereocenters. The van der Waals surface area contributed by atoms with Crippen molar-refractivity contribution in [1.29, 1.82) is 0 Å². The summed E-state index contributed by atoms with van der Waals surface area (Å²) in [5, 5.41) is 3.34. The molecular weight excluding hydrogens is 309 g/mol. The molecule has 2 N–H and O–H groups in total. The summed E-state index contributed by atoms with van der Waals surface area (Å²) in [6.45, 7) is -0.403. The molecule has 0 bridgehead atoms. The molecule has 9 heteroatoms. The maximum absolute atomic E-state index is 12.4. The SMILES string of the molecule is NCC1CCCCN1c1cnn(CC(F)(F)F)c(=O)c1Cl. The number of rotatable bonds is 3. The largest absolute Gasteiger partial charge is 0.408 e. The average Bonchev–Trinajstić information content (AvgIpc) is 2.43. The standard InChI is InChI=1S/C12H16ClF3N4O/c13-10-9(19-4-2-1-3-8(19)5-17)6-18-20(11(10)21)7-12(14,15)16/h6,8H,1-5,7,17H2. The van der Waals surface area contributed by atoms with E-state index in [9.17, 15) is 18.0 Å². The second-order valence-electron chi connectivity index (χ2n) is 5.00. The Kier molecular flexibility index (Phi) is 4.77. The summed E-state index contributed by atoms with van der Waals surface area (Å²) in [6.07, 6.45) is -0.512. The molecule has 0 aliphatic carbocycles. The monoisotopic (exact) mass is 324 g/mol. The third-order valence-electron chi connectivity index (χ3n) is 3.50.